The summed E-state index contributed by atoms with van der Waals surface area (Å²) in [5.74, 6) is 0.813. The number of amides is 2. The zero-order chi connectivity index (χ0) is 15.0. The van der Waals surface area contributed by atoms with Gasteiger partial charge in [0.15, 0.2) is 0 Å². The van der Waals surface area contributed by atoms with Gasteiger partial charge >= 0.3 is 0 Å². The van der Waals surface area contributed by atoms with Crippen molar-refractivity contribution in [2.45, 2.75) is 57.5 Å². The van der Waals surface area contributed by atoms with Crippen LogP contribution >= 0.6 is 0 Å². The molecule has 2 heterocycles. The first-order valence-corrected chi connectivity index (χ1v) is 8.27. The van der Waals surface area contributed by atoms with Gasteiger partial charge in [0.25, 0.3) is 0 Å². The van der Waals surface area contributed by atoms with E-state index in [2.05, 4.69) is 5.32 Å². The molecule has 0 bridgehead atoms. The fraction of sp³-hybridized carbons (Fsp3) is 0.875. The molecule has 0 radical (unpaired) electrons. The number of nitrogens with zero attached hydrogens (tertiary/aromatic N) is 1. The molecule has 5 nitrogen and oxygen atoms in total. The van der Waals surface area contributed by atoms with Gasteiger partial charge in [0.05, 0.1) is 6.61 Å². The maximum atomic E-state index is 13.0. The number of nitrogens with one attached hydrogen (secondary N) is 1. The fourth-order valence-electron chi connectivity index (χ4n) is 3.76. The molecule has 2 amide bonds. The van der Waals surface area contributed by atoms with Crippen molar-refractivity contribution >= 4 is 11.8 Å². The lowest BCUT2D eigenvalue weighted by Gasteiger charge is -2.46. The summed E-state index contributed by atoms with van der Waals surface area (Å²) >= 11 is 0. The second-order valence-electron chi connectivity index (χ2n) is 6.93. The molecule has 118 valence electrons. The molecular formula is C16H26N2O3. The van der Waals surface area contributed by atoms with Gasteiger partial charge in [-0.3, -0.25) is 9.59 Å². The number of piperazine rings is 1. The predicted molar refractivity (Wildman–Crippen MR) is 78.6 cm³/mol. The Labute approximate surface area is 126 Å². The molecule has 3 unspecified atom stereocenters. The monoisotopic (exact) mass is 294 g/mol. The average Bonchev–Trinajstić information content (AvgIpc) is 3.31. The molecule has 1 saturated carbocycles. The van der Waals surface area contributed by atoms with Crippen molar-refractivity contribution in [1.29, 1.82) is 0 Å². The van der Waals surface area contributed by atoms with Crippen molar-refractivity contribution in [3.63, 3.8) is 0 Å². The molecule has 0 aromatic heterocycles. The first-order chi connectivity index (χ1) is 10.1. The third-order valence-corrected chi connectivity index (χ3v) is 5.26. The predicted octanol–water partition coefficient (Wildman–Crippen LogP) is 1.32. The van der Waals surface area contributed by atoms with E-state index in [9.17, 15) is 9.59 Å². The van der Waals surface area contributed by atoms with Crippen molar-refractivity contribution in [3.8, 4) is 0 Å². The lowest BCUT2D eigenvalue weighted by molar-refractivity contribution is -0.157. The summed E-state index contributed by atoms with van der Waals surface area (Å²) in [4.78, 5) is 27.3. The van der Waals surface area contributed by atoms with E-state index in [1.54, 1.807) is 0 Å². The number of ether oxygens (including phenoxy) is 1. The van der Waals surface area contributed by atoms with Crippen molar-refractivity contribution in [1.82, 2.24) is 10.2 Å². The fourth-order valence-corrected chi connectivity index (χ4v) is 3.76. The molecule has 0 aromatic rings. The first kappa shape index (κ1) is 14.8. The minimum absolute atomic E-state index is 0.0169. The summed E-state index contributed by atoms with van der Waals surface area (Å²) < 4.78 is 5.53. The Morgan fingerprint density at radius 3 is 2.67 bits per heavy atom. The van der Waals surface area contributed by atoms with Crippen molar-refractivity contribution in [2.75, 3.05) is 19.8 Å². The van der Waals surface area contributed by atoms with E-state index in [1.165, 1.54) is 0 Å². The quantitative estimate of drug-likeness (QED) is 0.850. The molecule has 5 heteroatoms. The van der Waals surface area contributed by atoms with E-state index in [4.69, 9.17) is 4.74 Å². The van der Waals surface area contributed by atoms with Crippen LogP contribution < -0.4 is 5.32 Å². The number of hydrogen-bond acceptors (Lipinski definition) is 3. The zero-order valence-electron chi connectivity index (χ0n) is 13.1. The van der Waals surface area contributed by atoms with E-state index in [0.717, 1.165) is 32.3 Å². The Hall–Kier alpha value is -1.10. The van der Waals surface area contributed by atoms with Crippen LogP contribution in [0.5, 0.6) is 0 Å². The second-order valence-corrected chi connectivity index (χ2v) is 6.93. The summed E-state index contributed by atoms with van der Waals surface area (Å²) in [7, 11) is 0. The Kier molecular flexibility index (Phi) is 3.95. The first-order valence-electron chi connectivity index (χ1n) is 8.27. The van der Waals surface area contributed by atoms with Gasteiger partial charge in [-0.1, -0.05) is 6.92 Å². The summed E-state index contributed by atoms with van der Waals surface area (Å²) in [6, 6.07) is -0.314. The zero-order valence-corrected chi connectivity index (χ0v) is 13.1. The normalized spacial score (nSPS) is 37.5. The van der Waals surface area contributed by atoms with Gasteiger partial charge in [0, 0.05) is 13.2 Å². The lowest BCUT2D eigenvalue weighted by atomic mass is 9.87. The molecule has 3 fully saturated rings. The topological polar surface area (TPSA) is 58.6 Å². The van der Waals surface area contributed by atoms with Crippen LogP contribution in [0.3, 0.4) is 0 Å². The molecule has 0 aromatic carbocycles. The Morgan fingerprint density at radius 1 is 1.33 bits per heavy atom. The molecule has 3 aliphatic rings. The number of carbonyl (C=O) groups is 2. The van der Waals surface area contributed by atoms with E-state index in [1.807, 2.05) is 18.7 Å². The highest BCUT2D eigenvalue weighted by atomic mass is 16.5. The van der Waals surface area contributed by atoms with Crippen molar-refractivity contribution in [3.05, 3.63) is 0 Å². The molecule has 3 rings (SSSR count). The van der Waals surface area contributed by atoms with Gasteiger partial charge < -0.3 is 15.0 Å². The van der Waals surface area contributed by atoms with Crippen LogP contribution in [-0.2, 0) is 14.3 Å². The second kappa shape index (κ2) is 5.59. The van der Waals surface area contributed by atoms with Gasteiger partial charge in [-0.05, 0) is 50.9 Å². The van der Waals surface area contributed by atoms with Gasteiger partial charge in [-0.15, -0.1) is 0 Å². The number of rotatable bonds is 4. The van der Waals surface area contributed by atoms with Crippen LogP contribution in [0.25, 0.3) is 0 Å². The molecule has 3 atom stereocenters. The van der Waals surface area contributed by atoms with Crippen molar-refractivity contribution in [2.24, 2.45) is 11.8 Å². The van der Waals surface area contributed by atoms with Crippen LogP contribution in [0, 0.1) is 11.8 Å². The molecule has 2 aliphatic heterocycles. The smallest absolute Gasteiger partial charge is 0.249 e. The SMILES string of the molecule is CCC1C(=O)NC(C)(C2CC2)C(=O)N1CC1CCCOC1. The van der Waals surface area contributed by atoms with Gasteiger partial charge in [-0.25, -0.2) is 0 Å². The van der Waals surface area contributed by atoms with Gasteiger partial charge in [0.1, 0.15) is 11.6 Å². The van der Waals surface area contributed by atoms with Gasteiger partial charge in [0.2, 0.25) is 11.8 Å². The average molecular weight is 294 g/mol. The number of hydrogen-bond donors (Lipinski definition) is 1. The van der Waals surface area contributed by atoms with E-state index >= 15 is 0 Å². The largest absolute Gasteiger partial charge is 0.381 e. The lowest BCUT2D eigenvalue weighted by Crippen LogP contribution is -2.70. The Balaban J connectivity index is 1.78. The Bertz CT molecular complexity index is 429. The summed E-state index contributed by atoms with van der Waals surface area (Å²) in [5.41, 5.74) is -0.682. The van der Waals surface area contributed by atoms with Crippen LogP contribution in [0.1, 0.15) is 46.0 Å². The standard InChI is InChI=1S/C16H26N2O3/c1-3-13-14(19)17-16(2,12-6-7-12)15(20)18(13)9-11-5-4-8-21-10-11/h11-13H,3-10H2,1-2H3,(H,17,19). The van der Waals surface area contributed by atoms with Crippen molar-refractivity contribution < 1.29 is 14.3 Å². The highest BCUT2D eigenvalue weighted by Gasteiger charge is 2.55. The minimum Gasteiger partial charge on any atom is -0.381 e. The third-order valence-electron chi connectivity index (χ3n) is 5.26. The van der Waals surface area contributed by atoms with E-state index in [0.29, 0.717) is 31.4 Å². The summed E-state index contributed by atoms with van der Waals surface area (Å²) in [5, 5.41) is 3.01. The molecular weight excluding hydrogens is 268 g/mol. The summed E-state index contributed by atoms with van der Waals surface area (Å²) in [6.45, 7) is 6.07. The number of carbonyl (C=O) groups excluding carboxylic acids is 2. The van der Waals surface area contributed by atoms with Crippen LogP contribution in [-0.4, -0.2) is 48.1 Å². The van der Waals surface area contributed by atoms with E-state index < -0.39 is 5.54 Å². The highest BCUT2D eigenvalue weighted by molar-refractivity contribution is 6.00. The van der Waals surface area contributed by atoms with Crippen LogP contribution in [0.2, 0.25) is 0 Å². The molecule has 21 heavy (non-hydrogen) atoms. The summed E-state index contributed by atoms with van der Waals surface area (Å²) in [6.07, 6.45) is 4.89. The molecule has 1 N–H and O–H groups in total. The third kappa shape index (κ3) is 2.68. The van der Waals surface area contributed by atoms with E-state index in [-0.39, 0.29) is 17.9 Å². The maximum absolute atomic E-state index is 13.0. The minimum atomic E-state index is -0.682. The molecule has 2 saturated heterocycles. The highest BCUT2D eigenvalue weighted by Crippen LogP contribution is 2.42. The molecule has 0 spiro atoms. The van der Waals surface area contributed by atoms with Crippen LogP contribution in [0.15, 0.2) is 0 Å². The Morgan fingerprint density at radius 2 is 2.10 bits per heavy atom. The maximum Gasteiger partial charge on any atom is 0.249 e. The van der Waals surface area contributed by atoms with Crippen LogP contribution in [0.4, 0.5) is 0 Å². The molecule has 1 aliphatic carbocycles. The van der Waals surface area contributed by atoms with Gasteiger partial charge in [-0.2, -0.15) is 0 Å².